The molecule has 0 amide bonds. The van der Waals surface area contributed by atoms with Gasteiger partial charge in [0.25, 0.3) is 0 Å². The van der Waals surface area contributed by atoms with Crippen molar-refractivity contribution < 1.29 is 23.9 Å². The highest BCUT2D eigenvalue weighted by Crippen LogP contribution is 2.54. The maximum absolute atomic E-state index is 12.5. The molecule has 0 N–H and O–H groups in total. The Morgan fingerprint density at radius 1 is 1.48 bits per heavy atom. The standard InChI is InChI=1S/C16H20O5/c1-9-15(19)12-5-3-4-11-13(21-10(2)18)6-7-14(20-9)16(11,12)8-17/h3-4,8-9,11-14H,5-7H2,1-2H3/t9-,11-,12+,13?,14+,16+/m1/s1. The van der Waals surface area contributed by atoms with Crippen molar-refractivity contribution in [3.63, 3.8) is 0 Å². The number of Topliss-reactive ketones (excluding diaryl/α,β-unsaturated/α-hetero) is 1. The third-order valence-corrected chi connectivity index (χ3v) is 5.20. The molecule has 1 unspecified atom stereocenters. The average molecular weight is 292 g/mol. The SMILES string of the molecule is CC(=O)OC1CC[C@@H]2O[C@H](C)C(=O)[C@@H]3CC=C[C@H]1[C@]23C=O. The van der Waals surface area contributed by atoms with E-state index in [0.29, 0.717) is 19.3 Å². The van der Waals surface area contributed by atoms with Crippen LogP contribution in [0.4, 0.5) is 0 Å². The zero-order valence-electron chi connectivity index (χ0n) is 12.3. The van der Waals surface area contributed by atoms with Crippen molar-refractivity contribution in [1.29, 1.82) is 0 Å². The van der Waals surface area contributed by atoms with Gasteiger partial charge in [-0.05, 0) is 26.2 Å². The Morgan fingerprint density at radius 3 is 2.90 bits per heavy atom. The van der Waals surface area contributed by atoms with Crippen molar-refractivity contribution in [3.8, 4) is 0 Å². The number of aldehydes is 1. The quantitative estimate of drug-likeness (QED) is 0.437. The summed E-state index contributed by atoms with van der Waals surface area (Å²) in [5.74, 6) is -1.01. The molecular formula is C16H20O5. The third kappa shape index (κ3) is 1.98. The summed E-state index contributed by atoms with van der Waals surface area (Å²) < 4.78 is 11.2. The molecule has 0 aromatic heterocycles. The van der Waals surface area contributed by atoms with Crippen LogP contribution in [0.25, 0.3) is 0 Å². The van der Waals surface area contributed by atoms with Gasteiger partial charge < -0.3 is 14.3 Å². The molecule has 5 heteroatoms. The number of carbonyl (C=O) groups is 3. The fourth-order valence-corrected chi connectivity index (χ4v) is 4.32. The normalized spacial score (nSPS) is 44.9. The molecule has 2 aliphatic carbocycles. The van der Waals surface area contributed by atoms with Crippen LogP contribution in [0.2, 0.25) is 0 Å². The molecule has 114 valence electrons. The van der Waals surface area contributed by atoms with Gasteiger partial charge in [0.15, 0.2) is 5.78 Å². The first-order valence-electron chi connectivity index (χ1n) is 7.50. The number of hydrogen-bond acceptors (Lipinski definition) is 5. The molecule has 1 saturated carbocycles. The van der Waals surface area contributed by atoms with Crippen LogP contribution in [0.1, 0.15) is 33.1 Å². The Balaban J connectivity index is 2.04. The maximum atomic E-state index is 12.5. The van der Waals surface area contributed by atoms with Gasteiger partial charge in [0.05, 0.1) is 11.5 Å². The van der Waals surface area contributed by atoms with Crippen molar-refractivity contribution >= 4 is 18.0 Å². The molecule has 3 aliphatic rings. The Labute approximate surface area is 123 Å². The molecular weight excluding hydrogens is 272 g/mol. The summed E-state index contributed by atoms with van der Waals surface area (Å²) in [7, 11) is 0. The smallest absolute Gasteiger partial charge is 0.302 e. The van der Waals surface area contributed by atoms with Gasteiger partial charge in [-0.2, -0.15) is 0 Å². The predicted octanol–water partition coefficient (Wildman–Crippen LogP) is 1.45. The third-order valence-electron chi connectivity index (χ3n) is 5.20. The average Bonchev–Trinajstić information content (AvgIpc) is 2.46. The van der Waals surface area contributed by atoms with Gasteiger partial charge in [-0.1, -0.05) is 12.2 Å². The number of ketones is 1. The van der Waals surface area contributed by atoms with Crippen LogP contribution in [0.3, 0.4) is 0 Å². The minimum atomic E-state index is -0.878. The van der Waals surface area contributed by atoms with E-state index in [9.17, 15) is 14.4 Å². The van der Waals surface area contributed by atoms with Gasteiger partial charge in [0.1, 0.15) is 18.5 Å². The van der Waals surface area contributed by atoms with Crippen LogP contribution in [0.5, 0.6) is 0 Å². The van der Waals surface area contributed by atoms with E-state index in [1.165, 1.54) is 6.92 Å². The number of esters is 1. The predicted molar refractivity (Wildman–Crippen MR) is 73.4 cm³/mol. The van der Waals surface area contributed by atoms with Crippen LogP contribution in [0, 0.1) is 17.3 Å². The molecule has 6 atom stereocenters. The van der Waals surface area contributed by atoms with E-state index in [2.05, 4.69) is 0 Å². The van der Waals surface area contributed by atoms with Crippen LogP contribution >= 0.6 is 0 Å². The second-order valence-corrected chi connectivity index (χ2v) is 6.25. The van der Waals surface area contributed by atoms with E-state index in [1.807, 2.05) is 12.2 Å². The van der Waals surface area contributed by atoms with E-state index in [0.717, 1.165) is 6.29 Å². The van der Waals surface area contributed by atoms with Gasteiger partial charge in [-0.3, -0.25) is 9.59 Å². The lowest BCUT2D eigenvalue weighted by atomic mass is 9.52. The van der Waals surface area contributed by atoms with Crippen molar-refractivity contribution in [2.75, 3.05) is 0 Å². The molecule has 2 fully saturated rings. The van der Waals surface area contributed by atoms with E-state index >= 15 is 0 Å². The molecule has 0 spiro atoms. The lowest BCUT2D eigenvalue weighted by Crippen LogP contribution is -2.64. The minimum absolute atomic E-state index is 0.0174. The summed E-state index contributed by atoms with van der Waals surface area (Å²) >= 11 is 0. The largest absolute Gasteiger partial charge is 0.462 e. The number of carbonyl (C=O) groups excluding carboxylic acids is 3. The second kappa shape index (κ2) is 5.05. The van der Waals surface area contributed by atoms with Gasteiger partial charge in [0, 0.05) is 18.8 Å². The molecule has 21 heavy (non-hydrogen) atoms. The van der Waals surface area contributed by atoms with Crippen LogP contribution < -0.4 is 0 Å². The molecule has 0 aromatic carbocycles. The zero-order chi connectivity index (χ0) is 15.2. The first-order valence-corrected chi connectivity index (χ1v) is 7.50. The number of rotatable bonds is 2. The second-order valence-electron chi connectivity index (χ2n) is 6.25. The lowest BCUT2D eigenvalue weighted by molar-refractivity contribution is -0.206. The summed E-state index contributed by atoms with van der Waals surface area (Å²) in [6.07, 6.45) is 5.51. The summed E-state index contributed by atoms with van der Waals surface area (Å²) in [5.41, 5.74) is -0.878. The lowest BCUT2D eigenvalue weighted by Gasteiger charge is -2.56. The molecule has 1 aliphatic heterocycles. The van der Waals surface area contributed by atoms with Crippen LogP contribution in [-0.4, -0.2) is 36.4 Å². The molecule has 0 bridgehead atoms. The van der Waals surface area contributed by atoms with E-state index in [1.54, 1.807) is 6.92 Å². The van der Waals surface area contributed by atoms with E-state index in [-0.39, 0.29) is 35.8 Å². The number of ether oxygens (including phenoxy) is 2. The van der Waals surface area contributed by atoms with Crippen LogP contribution in [-0.2, 0) is 23.9 Å². The molecule has 3 rings (SSSR count). The van der Waals surface area contributed by atoms with Gasteiger partial charge in [-0.15, -0.1) is 0 Å². The Kier molecular flexibility index (Phi) is 3.48. The van der Waals surface area contributed by atoms with Gasteiger partial charge >= 0.3 is 5.97 Å². The first-order chi connectivity index (χ1) is 10.0. The molecule has 5 nitrogen and oxygen atoms in total. The fourth-order valence-electron chi connectivity index (χ4n) is 4.32. The van der Waals surface area contributed by atoms with E-state index in [4.69, 9.17) is 9.47 Å². The first kappa shape index (κ1) is 14.4. The maximum Gasteiger partial charge on any atom is 0.302 e. The molecule has 0 aromatic rings. The summed E-state index contributed by atoms with van der Waals surface area (Å²) in [4.78, 5) is 35.8. The highest BCUT2D eigenvalue weighted by molar-refractivity contribution is 5.91. The highest BCUT2D eigenvalue weighted by Gasteiger charge is 2.62. The Hall–Kier alpha value is -1.49. The summed E-state index contributed by atoms with van der Waals surface area (Å²) in [6, 6.07) is 0. The van der Waals surface area contributed by atoms with Crippen molar-refractivity contribution in [2.24, 2.45) is 17.3 Å². The summed E-state index contributed by atoms with van der Waals surface area (Å²) in [5, 5.41) is 0. The minimum Gasteiger partial charge on any atom is -0.462 e. The molecule has 0 radical (unpaired) electrons. The monoisotopic (exact) mass is 292 g/mol. The van der Waals surface area contributed by atoms with Gasteiger partial charge in [-0.25, -0.2) is 0 Å². The van der Waals surface area contributed by atoms with Crippen molar-refractivity contribution in [1.82, 2.24) is 0 Å². The number of allylic oxidation sites excluding steroid dienone is 1. The van der Waals surface area contributed by atoms with Gasteiger partial charge in [0.2, 0.25) is 0 Å². The molecule has 1 heterocycles. The van der Waals surface area contributed by atoms with Crippen molar-refractivity contribution in [2.45, 2.75) is 51.4 Å². The van der Waals surface area contributed by atoms with Crippen LogP contribution in [0.15, 0.2) is 12.2 Å². The topological polar surface area (TPSA) is 69.7 Å². The fraction of sp³-hybridized carbons (Fsp3) is 0.688. The Morgan fingerprint density at radius 2 is 2.24 bits per heavy atom. The molecule has 1 saturated heterocycles. The summed E-state index contributed by atoms with van der Waals surface area (Å²) in [6.45, 7) is 3.12. The Bertz CT molecular complexity index is 511. The highest BCUT2D eigenvalue weighted by atomic mass is 16.5. The van der Waals surface area contributed by atoms with E-state index < -0.39 is 11.5 Å². The zero-order valence-corrected chi connectivity index (χ0v) is 12.3. The number of hydrogen-bond donors (Lipinski definition) is 0. The van der Waals surface area contributed by atoms with Crippen molar-refractivity contribution in [3.05, 3.63) is 12.2 Å².